The van der Waals surface area contributed by atoms with Crippen molar-refractivity contribution in [3.8, 4) is 0 Å². The summed E-state index contributed by atoms with van der Waals surface area (Å²) in [7, 11) is 0. The van der Waals surface area contributed by atoms with Crippen LogP contribution in [0.5, 0.6) is 0 Å². The molecule has 0 aliphatic carbocycles. The van der Waals surface area contributed by atoms with Crippen LogP contribution in [-0.2, 0) is 46.2 Å². The lowest BCUT2D eigenvalue weighted by Crippen LogP contribution is -2.54. The van der Waals surface area contributed by atoms with Gasteiger partial charge in [-0.25, -0.2) is 0 Å². The lowest BCUT2D eigenvalue weighted by Gasteiger charge is -2.40. The molecular formula is C26H29ClO7. The minimum atomic E-state index is -1.02. The zero-order valence-corrected chi connectivity index (χ0v) is 20.5. The minimum absolute atomic E-state index is 0.0314. The van der Waals surface area contributed by atoms with Gasteiger partial charge >= 0.3 is 17.9 Å². The van der Waals surface area contributed by atoms with E-state index in [0.29, 0.717) is 17.0 Å². The van der Waals surface area contributed by atoms with Gasteiger partial charge in [-0.15, -0.1) is 0 Å². The summed E-state index contributed by atoms with van der Waals surface area (Å²) in [6, 6.07) is 13.8. The van der Waals surface area contributed by atoms with Crippen molar-refractivity contribution in [2.75, 3.05) is 6.61 Å². The second-order valence-electron chi connectivity index (χ2n) is 8.25. The van der Waals surface area contributed by atoms with Crippen LogP contribution in [0.15, 0.2) is 42.5 Å². The Balaban J connectivity index is 1.93. The number of aryl methyl sites for hydroxylation is 1. The zero-order chi connectivity index (χ0) is 24.8. The SMILES string of the molecule is CCc1ccc(Cc2cc([C@@H]3OC[C@@H](OC(C)=O)[C@H](OC(C)=O)[C@H]3OC(C)=O)ccc2Cl)cc1. The molecule has 34 heavy (non-hydrogen) atoms. The number of ether oxygens (including phenoxy) is 4. The van der Waals surface area contributed by atoms with Gasteiger partial charge < -0.3 is 18.9 Å². The summed E-state index contributed by atoms with van der Waals surface area (Å²) in [5, 5.41) is 0.595. The molecule has 0 amide bonds. The first-order chi connectivity index (χ1) is 16.2. The molecule has 0 N–H and O–H groups in total. The summed E-state index contributed by atoms with van der Waals surface area (Å²) >= 11 is 6.49. The van der Waals surface area contributed by atoms with Crippen LogP contribution in [0, 0.1) is 0 Å². The summed E-state index contributed by atoms with van der Waals surface area (Å²) in [6.45, 7) is 5.82. The van der Waals surface area contributed by atoms with Gasteiger partial charge in [0.15, 0.2) is 18.3 Å². The Labute approximate surface area is 204 Å². The molecule has 1 saturated heterocycles. The molecule has 1 aliphatic heterocycles. The number of carbonyl (C=O) groups excluding carboxylic acids is 3. The molecule has 0 spiro atoms. The van der Waals surface area contributed by atoms with Crippen molar-refractivity contribution in [3.05, 3.63) is 69.7 Å². The number of esters is 3. The molecule has 0 radical (unpaired) electrons. The van der Waals surface area contributed by atoms with Gasteiger partial charge in [0.1, 0.15) is 6.10 Å². The molecule has 7 nitrogen and oxygen atoms in total. The highest BCUT2D eigenvalue weighted by Gasteiger charge is 2.47. The Morgan fingerprint density at radius 1 is 0.882 bits per heavy atom. The Morgan fingerprint density at radius 3 is 2.06 bits per heavy atom. The fraction of sp³-hybridized carbons (Fsp3) is 0.423. The maximum Gasteiger partial charge on any atom is 0.303 e. The monoisotopic (exact) mass is 488 g/mol. The zero-order valence-electron chi connectivity index (χ0n) is 19.7. The number of carbonyl (C=O) groups is 3. The normalized spacial score (nSPS) is 22.0. The molecule has 1 heterocycles. The quantitative estimate of drug-likeness (QED) is 0.422. The average Bonchev–Trinajstić information content (AvgIpc) is 2.77. The predicted molar refractivity (Wildman–Crippen MR) is 125 cm³/mol. The number of hydrogen-bond acceptors (Lipinski definition) is 7. The summed E-state index contributed by atoms with van der Waals surface area (Å²) in [6.07, 6.45) is -2.14. The van der Waals surface area contributed by atoms with E-state index in [9.17, 15) is 14.4 Å². The van der Waals surface area contributed by atoms with Gasteiger partial charge in [0.05, 0.1) is 6.61 Å². The first-order valence-corrected chi connectivity index (χ1v) is 11.5. The van der Waals surface area contributed by atoms with Crippen molar-refractivity contribution in [3.63, 3.8) is 0 Å². The van der Waals surface area contributed by atoms with Crippen LogP contribution < -0.4 is 0 Å². The van der Waals surface area contributed by atoms with E-state index in [1.54, 1.807) is 12.1 Å². The van der Waals surface area contributed by atoms with Gasteiger partial charge in [-0.05, 0) is 41.2 Å². The molecule has 1 fully saturated rings. The highest BCUT2D eigenvalue weighted by atomic mass is 35.5. The van der Waals surface area contributed by atoms with Crippen LogP contribution in [0.2, 0.25) is 5.02 Å². The van der Waals surface area contributed by atoms with Crippen molar-refractivity contribution in [2.45, 2.75) is 65.0 Å². The third kappa shape index (κ3) is 6.58. The lowest BCUT2D eigenvalue weighted by molar-refractivity contribution is -0.227. The summed E-state index contributed by atoms with van der Waals surface area (Å²) in [4.78, 5) is 35.3. The van der Waals surface area contributed by atoms with Crippen LogP contribution in [0.25, 0.3) is 0 Å². The molecule has 0 saturated carbocycles. The van der Waals surface area contributed by atoms with E-state index < -0.39 is 42.3 Å². The van der Waals surface area contributed by atoms with Crippen LogP contribution in [0.4, 0.5) is 0 Å². The molecule has 0 unspecified atom stereocenters. The molecular weight excluding hydrogens is 460 g/mol. The van der Waals surface area contributed by atoms with E-state index in [0.717, 1.165) is 17.5 Å². The maximum absolute atomic E-state index is 11.9. The largest absolute Gasteiger partial charge is 0.456 e. The van der Waals surface area contributed by atoms with Gasteiger partial charge in [0, 0.05) is 25.8 Å². The highest BCUT2D eigenvalue weighted by Crippen LogP contribution is 2.36. The molecule has 1 aliphatic rings. The lowest BCUT2D eigenvalue weighted by atomic mass is 9.92. The minimum Gasteiger partial charge on any atom is -0.456 e. The summed E-state index contributed by atoms with van der Waals surface area (Å²) < 4.78 is 22.3. The topological polar surface area (TPSA) is 88.1 Å². The molecule has 3 rings (SSSR count). The van der Waals surface area contributed by atoms with Crippen molar-refractivity contribution in [1.82, 2.24) is 0 Å². The predicted octanol–water partition coefficient (Wildman–Crippen LogP) is 4.36. The van der Waals surface area contributed by atoms with E-state index in [2.05, 4.69) is 31.2 Å². The molecule has 2 aromatic carbocycles. The standard InChI is InChI=1S/C26H29ClO7/c1-5-18-6-8-19(9-7-18)12-21-13-20(10-11-22(21)27)24-26(34-17(4)30)25(33-16(3)29)23(14-31-24)32-15(2)28/h6-11,13,23-26H,5,12,14H2,1-4H3/t23-,24+,25+,26+/m1/s1. The fourth-order valence-corrected chi connectivity index (χ4v) is 4.23. The van der Waals surface area contributed by atoms with E-state index >= 15 is 0 Å². The highest BCUT2D eigenvalue weighted by molar-refractivity contribution is 6.31. The third-order valence-electron chi connectivity index (χ3n) is 5.57. The molecule has 4 atom stereocenters. The maximum atomic E-state index is 11.9. The van der Waals surface area contributed by atoms with E-state index in [1.807, 2.05) is 6.07 Å². The van der Waals surface area contributed by atoms with Crippen molar-refractivity contribution in [1.29, 1.82) is 0 Å². The Morgan fingerprint density at radius 2 is 1.47 bits per heavy atom. The number of benzene rings is 2. The molecule has 8 heteroatoms. The van der Waals surface area contributed by atoms with Crippen LogP contribution in [-0.4, -0.2) is 42.8 Å². The van der Waals surface area contributed by atoms with Gasteiger partial charge in [-0.1, -0.05) is 54.9 Å². The van der Waals surface area contributed by atoms with Crippen molar-refractivity contribution < 1.29 is 33.3 Å². The molecule has 0 bridgehead atoms. The number of hydrogen-bond donors (Lipinski definition) is 0. The second-order valence-corrected chi connectivity index (χ2v) is 8.65. The first-order valence-electron chi connectivity index (χ1n) is 11.2. The molecule has 182 valence electrons. The van der Waals surface area contributed by atoms with Crippen molar-refractivity contribution >= 4 is 29.5 Å². The Kier molecular flexibility index (Phi) is 8.69. The summed E-state index contributed by atoms with van der Waals surface area (Å²) in [5.74, 6) is -1.73. The van der Waals surface area contributed by atoms with Gasteiger partial charge in [0.25, 0.3) is 0 Å². The van der Waals surface area contributed by atoms with E-state index in [-0.39, 0.29) is 6.61 Å². The van der Waals surface area contributed by atoms with Crippen molar-refractivity contribution in [2.24, 2.45) is 0 Å². The third-order valence-corrected chi connectivity index (χ3v) is 5.94. The smallest absolute Gasteiger partial charge is 0.303 e. The molecule has 0 aromatic heterocycles. The van der Waals surface area contributed by atoms with Crippen LogP contribution >= 0.6 is 11.6 Å². The van der Waals surface area contributed by atoms with Gasteiger partial charge in [0.2, 0.25) is 0 Å². The summed E-state index contributed by atoms with van der Waals surface area (Å²) in [5.41, 5.74) is 3.93. The number of rotatable bonds is 7. The second kappa shape index (κ2) is 11.5. The average molecular weight is 489 g/mol. The van der Waals surface area contributed by atoms with Gasteiger partial charge in [-0.3, -0.25) is 14.4 Å². The van der Waals surface area contributed by atoms with Gasteiger partial charge in [-0.2, -0.15) is 0 Å². The van der Waals surface area contributed by atoms with E-state index in [4.69, 9.17) is 30.5 Å². The van der Waals surface area contributed by atoms with Crippen LogP contribution in [0.3, 0.4) is 0 Å². The Hall–Kier alpha value is -2.90. The molecule has 2 aromatic rings. The fourth-order valence-electron chi connectivity index (χ4n) is 4.05. The Bertz CT molecular complexity index is 1030. The first kappa shape index (κ1) is 25.7. The van der Waals surface area contributed by atoms with E-state index in [1.165, 1.54) is 26.3 Å². The number of halogens is 1. The van der Waals surface area contributed by atoms with Crippen LogP contribution in [0.1, 0.15) is 56.1 Å².